The molecule has 0 heterocycles. The minimum Gasteiger partial charge on any atom is -0.390 e. The monoisotopic (exact) mass is 1470 g/mol. The molecule has 8 heteroatoms. The summed E-state index contributed by atoms with van der Waals surface area (Å²) in [6.45, 7) is 29.8. The second kappa shape index (κ2) is 33.4. The molecule has 3 aromatic rings. The molecule has 6 nitrogen and oxygen atoms in total. The van der Waals surface area contributed by atoms with Gasteiger partial charge in [0.2, 0.25) is 0 Å². The van der Waals surface area contributed by atoms with Crippen molar-refractivity contribution in [2.45, 2.75) is 349 Å². The first-order chi connectivity index (χ1) is 50.0. The average molecular weight is 1470 g/mol. The summed E-state index contributed by atoms with van der Waals surface area (Å²) in [5.74, 6) is 14.7. The van der Waals surface area contributed by atoms with Crippen molar-refractivity contribution < 1.29 is 34.5 Å². The fourth-order valence-electron chi connectivity index (χ4n) is 30.2. The molecule has 12 aliphatic carbocycles. The SMILES string of the molecule is CC[C@]1(O)CC[C@@]2(C)[C@@H](CC[C@@H]3[C@@H]2CC[C@]2(C)[C@@H]([C@H](C)CCC(O)c4ccccc4)CC[C@@H]32)C1.CC[C@]1(O)CC[C@@]2(C)[C@@H](CC[C@@H]3[C@@H]2CC[C@]2(C)[C@@H]([C@H](C)CC[C@@H](O)c4ccccc4)CC[C@@H]32)C1.CC[C@]1(O)CC[C@@]2(C)[C@@H](CC[C@@H]3[C@@H]2CC[C@]2(C)[C@@H]([C@H](C)CC[C@H](O)c4ccccc4)CC[C@@H]32)C1.CSF. The van der Waals surface area contributed by atoms with Gasteiger partial charge in [0.25, 0.3) is 0 Å². The topological polar surface area (TPSA) is 121 Å². The van der Waals surface area contributed by atoms with E-state index in [0.717, 1.165) is 202 Å². The Morgan fingerprint density at radius 3 is 0.810 bits per heavy atom. The van der Waals surface area contributed by atoms with Gasteiger partial charge in [-0.3, -0.25) is 0 Å². The predicted octanol–water partition coefficient (Wildman–Crippen LogP) is 25.0. The maximum atomic E-state index is 11.1. The van der Waals surface area contributed by atoms with Crippen molar-refractivity contribution in [2.24, 2.45) is 139 Å². The summed E-state index contributed by atoms with van der Waals surface area (Å²) in [7, 11) is 0. The molecule has 15 rings (SSSR count). The lowest BCUT2D eigenvalue weighted by Crippen LogP contribution is -2.56. The van der Waals surface area contributed by atoms with E-state index in [2.05, 4.69) is 119 Å². The number of fused-ring (bicyclic) bond motifs is 15. The molecule has 3 aromatic carbocycles. The van der Waals surface area contributed by atoms with Crippen LogP contribution >= 0.6 is 12.1 Å². The first-order valence-corrected chi connectivity index (χ1v) is 45.6. The molecule has 0 amide bonds. The van der Waals surface area contributed by atoms with Gasteiger partial charge in [-0.25, -0.2) is 0 Å². The normalized spacial score (nSPS) is 44.5. The summed E-state index contributed by atoms with van der Waals surface area (Å²) < 4.78 is 10.2. The molecule has 590 valence electrons. The van der Waals surface area contributed by atoms with Crippen LogP contribution in [-0.2, 0) is 0 Å². The van der Waals surface area contributed by atoms with Crippen LogP contribution in [0.1, 0.15) is 349 Å². The number of aliphatic hydroxyl groups is 6. The van der Waals surface area contributed by atoms with Gasteiger partial charge in [-0.2, -0.15) is 3.89 Å². The Balaban J connectivity index is 0.000000145. The van der Waals surface area contributed by atoms with Crippen LogP contribution in [0.25, 0.3) is 0 Å². The largest absolute Gasteiger partial charge is 0.390 e. The quantitative estimate of drug-likeness (QED) is 0.0750. The molecule has 105 heavy (non-hydrogen) atoms. The average Bonchev–Trinajstić information content (AvgIpc) is 1.53. The van der Waals surface area contributed by atoms with Crippen LogP contribution < -0.4 is 0 Å². The van der Waals surface area contributed by atoms with E-state index in [1.54, 1.807) is 0 Å². The molecule has 30 atom stereocenters. The highest BCUT2D eigenvalue weighted by atomic mass is 32.2. The van der Waals surface area contributed by atoms with E-state index in [1.165, 1.54) is 141 Å². The number of hydrogen-bond donors (Lipinski definition) is 6. The Morgan fingerprint density at radius 1 is 0.333 bits per heavy atom. The standard InChI is InChI=1S/3C32H50O2.CH3FS/c3*1-5-32(34)20-19-30(3)24(21-32)12-13-25-27-15-14-26(31(27,4)18-17-28(25)30)22(2)11-16-29(33)23-9-7-6-8-10-23;1-3-2/h3*6-10,22,24-29,33-34H,5,11-21H2,1-4H3;1H3/t22-,24+,25+,26-,27+,28+,29?,30+,31-,32+;22-,24+,25+,26-,27+,28+,29+,30+,31-,32+;22-,24+,25+,26-,27+,28+,29-,30+,31-,32+;/m111./s1. The number of halogens is 1. The van der Waals surface area contributed by atoms with Crippen LogP contribution in [0.4, 0.5) is 3.89 Å². The third-order valence-electron chi connectivity index (χ3n) is 37.0. The van der Waals surface area contributed by atoms with Gasteiger partial charge >= 0.3 is 0 Å². The first kappa shape index (κ1) is 82.2. The lowest BCUT2D eigenvalue weighted by Gasteiger charge is -2.62. The molecular weight excluding hydrogens is 1310 g/mol. The zero-order chi connectivity index (χ0) is 75.1. The van der Waals surface area contributed by atoms with Crippen molar-refractivity contribution in [3.05, 3.63) is 108 Å². The maximum absolute atomic E-state index is 11.1. The van der Waals surface area contributed by atoms with E-state index in [0.29, 0.717) is 50.2 Å². The Kier molecular flexibility index (Phi) is 26.1. The fourth-order valence-corrected chi connectivity index (χ4v) is 30.2. The molecular formula is C97H153FO6S. The lowest BCUT2D eigenvalue weighted by molar-refractivity contribution is -0.152. The van der Waals surface area contributed by atoms with Crippen LogP contribution in [0.2, 0.25) is 0 Å². The Bertz CT molecular complexity index is 2880. The van der Waals surface area contributed by atoms with Gasteiger partial charge in [0.05, 0.1) is 35.1 Å². The van der Waals surface area contributed by atoms with Gasteiger partial charge in [0, 0.05) is 18.4 Å². The number of benzene rings is 3. The molecule has 12 fully saturated rings. The highest BCUT2D eigenvalue weighted by Crippen LogP contribution is 2.73. The van der Waals surface area contributed by atoms with Gasteiger partial charge in [0.15, 0.2) is 0 Å². The minimum absolute atomic E-state index is 0.250. The molecule has 1 unspecified atom stereocenters. The van der Waals surface area contributed by atoms with Crippen molar-refractivity contribution >= 4 is 12.1 Å². The summed E-state index contributed by atoms with van der Waals surface area (Å²) in [6.07, 6.45) is 44.2. The maximum Gasteiger partial charge on any atom is 0.0790 e. The highest BCUT2D eigenvalue weighted by molar-refractivity contribution is 7.93. The van der Waals surface area contributed by atoms with Gasteiger partial charge in [-0.1, -0.05) is 174 Å². The molecule has 12 saturated carbocycles. The van der Waals surface area contributed by atoms with Crippen LogP contribution in [-0.4, -0.2) is 53.7 Å². The summed E-state index contributed by atoms with van der Waals surface area (Å²) in [5, 5.41) is 65.4. The van der Waals surface area contributed by atoms with Crippen molar-refractivity contribution in [3.8, 4) is 0 Å². The summed E-state index contributed by atoms with van der Waals surface area (Å²) in [6, 6.07) is 30.7. The first-order valence-electron chi connectivity index (χ1n) is 44.5. The van der Waals surface area contributed by atoms with Gasteiger partial charge < -0.3 is 30.6 Å². The molecule has 0 radical (unpaired) electrons. The predicted molar refractivity (Wildman–Crippen MR) is 435 cm³/mol. The molecule has 0 bridgehead atoms. The van der Waals surface area contributed by atoms with Gasteiger partial charge in [-0.05, 0) is 387 Å². The zero-order valence-electron chi connectivity index (χ0n) is 68.7. The van der Waals surface area contributed by atoms with Crippen molar-refractivity contribution in [3.63, 3.8) is 0 Å². The van der Waals surface area contributed by atoms with Gasteiger partial charge in [0.1, 0.15) is 0 Å². The van der Waals surface area contributed by atoms with E-state index < -0.39 is 16.8 Å². The van der Waals surface area contributed by atoms with E-state index in [4.69, 9.17) is 0 Å². The Labute approximate surface area is 645 Å². The van der Waals surface area contributed by atoms with Gasteiger partial charge in [-0.15, -0.1) is 0 Å². The summed E-state index contributed by atoms with van der Waals surface area (Å²) >= 11 is 0.250. The van der Waals surface area contributed by atoms with E-state index >= 15 is 0 Å². The zero-order valence-corrected chi connectivity index (χ0v) is 69.5. The second-order valence-corrected chi connectivity index (χ2v) is 41.4. The molecule has 12 aliphatic rings. The molecule has 0 aromatic heterocycles. The van der Waals surface area contributed by atoms with E-state index in [9.17, 15) is 34.5 Å². The Morgan fingerprint density at radius 2 is 0.571 bits per heavy atom. The lowest BCUT2D eigenvalue weighted by atomic mass is 9.43. The third kappa shape index (κ3) is 16.2. The Hall–Kier alpha value is -2.30. The molecule has 6 N–H and O–H groups in total. The van der Waals surface area contributed by atoms with Crippen LogP contribution in [0, 0.1) is 139 Å². The summed E-state index contributed by atoms with van der Waals surface area (Å²) in [4.78, 5) is 0. The molecule has 0 saturated heterocycles. The van der Waals surface area contributed by atoms with Crippen molar-refractivity contribution in [2.75, 3.05) is 6.26 Å². The van der Waals surface area contributed by atoms with Crippen molar-refractivity contribution in [1.29, 1.82) is 0 Å². The second-order valence-electron chi connectivity index (χ2n) is 41.1. The number of hydrogen-bond acceptors (Lipinski definition) is 7. The van der Waals surface area contributed by atoms with Crippen LogP contribution in [0.5, 0.6) is 0 Å². The molecule has 0 spiro atoms. The minimum atomic E-state index is -0.390. The number of aliphatic hydroxyl groups excluding tert-OH is 3. The van der Waals surface area contributed by atoms with E-state index in [-0.39, 0.29) is 30.5 Å². The fraction of sp³-hybridized carbons (Fsp3) is 0.814. The highest BCUT2D eigenvalue weighted by Gasteiger charge is 2.65. The third-order valence-corrected chi connectivity index (χ3v) is 37.0. The van der Waals surface area contributed by atoms with E-state index in [1.807, 2.05) is 54.6 Å². The van der Waals surface area contributed by atoms with Crippen LogP contribution in [0.3, 0.4) is 0 Å². The molecule has 0 aliphatic heterocycles. The van der Waals surface area contributed by atoms with Crippen molar-refractivity contribution in [1.82, 2.24) is 0 Å². The smallest absolute Gasteiger partial charge is 0.0790 e. The number of rotatable bonds is 18. The van der Waals surface area contributed by atoms with Crippen LogP contribution in [0.15, 0.2) is 91.0 Å². The summed E-state index contributed by atoms with van der Waals surface area (Å²) in [5.41, 5.74) is 4.85.